The molecule has 2 amide bonds. The van der Waals surface area contributed by atoms with Crippen LogP contribution >= 0.6 is 0 Å². The highest BCUT2D eigenvalue weighted by atomic mass is 19.3. The minimum atomic E-state index is -4.97. The number of halogens is 6. The quantitative estimate of drug-likeness (QED) is 0.344. The summed E-state index contributed by atoms with van der Waals surface area (Å²) in [5, 5.41) is 7.76. The third-order valence-corrected chi connectivity index (χ3v) is 5.40. The van der Waals surface area contributed by atoms with Gasteiger partial charge in [-0.25, -0.2) is 8.78 Å². The number of likely N-dealkylation sites (N-methyl/N-ethyl adjacent to an activating group) is 1. The fraction of sp³-hybridized carbons (Fsp3) is 0.240. The van der Waals surface area contributed by atoms with Crippen LogP contribution < -0.4 is 25.4 Å². The van der Waals surface area contributed by atoms with Crippen molar-refractivity contribution in [1.29, 1.82) is 0 Å². The average molecular weight is 554 g/mol. The molecule has 0 saturated carbocycles. The zero-order chi connectivity index (χ0) is 28.4. The van der Waals surface area contributed by atoms with Crippen LogP contribution in [-0.2, 0) is 17.8 Å². The van der Waals surface area contributed by atoms with E-state index < -0.39 is 41.3 Å². The zero-order valence-corrected chi connectivity index (χ0v) is 20.1. The molecule has 8 nitrogen and oxygen atoms in total. The number of hydrogen-bond acceptors (Lipinski definition) is 6. The number of rotatable bonds is 8. The number of pyridine rings is 1. The predicted octanol–water partition coefficient (Wildman–Crippen LogP) is 4.86. The number of nitrogens with zero attached hydrogens (tertiary/aromatic N) is 1. The van der Waals surface area contributed by atoms with Gasteiger partial charge < -0.3 is 25.4 Å². The standard InChI is InChI=1S/C25H20F6N4O4/c1-2-32-22(36)9-15-7-13(5-6-33-15)12-34-19-11-18(27)17(26)10-16(19)23(37)35-14-3-4-20-21(8-14)39-25(30,31)24(28,29)38-20/h3-8,10-11,34H,2,9,12H2,1H3,(H,32,36)(H,35,37). The largest absolute Gasteiger partial charge is 0.507 e. The van der Waals surface area contributed by atoms with Crippen LogP contribution in [0.3, 0.4) is 0 Å². The van der Waals surface area contributed by atoms with Crippen LogP contribution in [-0.4, -0.2) is 35.6 Å². The highest BCUT2D eigenvalue weighted by molar-refractivity contribution is 6.08. The molecule has 0 bridgehead atoms. The summed E-state index contributed by atoms with van der Waals surface area (Å²) < 4.78 is 89.8. The summed E-state index contributed by atoms with van der Waals surface area (Å²) in [6.07, 6.45) is -8.38. The molecule has 3 N–H and O–H groups in total. The molecule has 4 rings (SSSR count). The molecule has 1 aliphatic rings. The van der Waals surface area contributed by atoms with Crippen molar-refractivity contribution in [3.05, 3.63) is 77.1 Å². The van der Waals surface area contributed by atoms with E-state index in [0.29, 0.717) is 23.9 Å². The summed E-state index contributed by atoms with van der Waals surface area (Å²) in [7, 11) is 0. The Kier molecular flexibility index (Phi) is 7.56. The lowest BCUT2D eigenvalue weighted by Crippen LogP contribution is -2.52. The van der Waals surface area contributed by atoms with E-state index in [4.69, 9.17) is 0 Å². The monoisotopic (exact) mass is 554 g/mol. The number of alkyl halides is 4. The summed E-state index contributed by atoms with van der Waals surface area (Å²) in [4.78, 5) is 28.8. The predicted molar refractivity (Wildman–Crippen MR) is 126 cm³/mol. The van der Waals surface area contributed by atoms with E-state index in [1.165, 1.54) is 6.20 Å². The van der Waals surface area contributed by atoms with Gasteiger partial charge in [-0.1, -0.05) is 0 Å². The number of nitrogens with one attached hydrogen (secondary N) is 3. The van der Waals surface area contributed by atoms with Crippen LogP contribution in [0.5, 0.6) is 11.5 Å². The van der Waals surface area contributed by atoms with Gasteiger partial charge in [-0.05, 0) is 42.8 Å². The Bertz CT molecular complexity index is 1420. The highest BCUT2D eigenvalue weighted by Crippen LogP contribution is 2.47. The SMILES string of the molecule is CCNC(=O)Cc1cc(CNc2cc(F)c(F)cc2C(=O)Nc2ccc3c(c2)OC(F)(F)C(F)(F)O3)ccn1. The smallest absolute Gasteiger partial charge is 0.421 e. The molecule has 0 aliphatic carbocycles. The summed E-state index contributed by atoms with van der Waals surface area (Å²) in [5.41, 5.74) is 0.438. The Hall–Kier alpha value is -4.49. The van der Waals surface area contributed by atoms with E-state index >= 15 is 0 Å². The molecule has 39 heavy (non-hydrogen) atoms. The molecule has 0 atom stereocenters. The Morgan fingerprint density at radius 3 is 2.33 bits per heavy atom. The molecule has 1 aliphatic heterocycles. The number of carbonyl (C=O) groups excluding carboxylic acids is 2. The van der Waals surface area contributed by atoms with Gasteiger partial charge in [-0.15, -0.1) is 0 Å². The van der Waals surface area contributed by atoms with Crippen LogP contribution in [0.2, 0.25) is 0 Å². The lowest BCUT2D eigenvalue weighted by Gasteiger charge is -2.31. The number of hydrogen-bond donors (Lipinski definition) is 3. The van der Waals surface area contributed by atoms with Crippen LogP contribution in [0.15, 0.2) is 48.7 Å². The molecule has 2 aromatic carbocycles. The fourth-order valence-corrected chi connectivity index (χ4v) is 3.58. The van der Waals surface area contributed by atoms with Gasteiger partial charge >= 0.3 is 12.2 Å². The summed E-state index contributed by atoms with van der Waals surface area (Å²) >= 11 is 0. The zero-order valence-electron chi connectivity index (χ0n) is 20.1. The number of amides is 2. The van der Waals surface area contributed by atoms with Crippen molar-refractivity contribution in [1.82, 2.24) is 10.3 Å². The van der Waals surface area contributed by atoms with Gasteiger partial charge in [0.15, 0.2) is 23.1 Å². The van der Waals surface area contributed by atoms with E-state index in [1.807, 2.05) is 0 Å². The Morgan fingerprint density at radius 2 is 1.62 bits per heavy atom. The summed E-state index contributed by atoms with van der Waals surface area (Å²) in [5.74, 6) is -5.24. The molecule has 0 unspecified atom stereocenters. The number of fused-ring (bicyclic) bond motifs is 1. The van der Waals surface area contributed by atoms with Gasteiger partial charge in [0.1, 0.15) is 0 Å². The maximum atomic E-state index is 14.0. The number of ether oxygens (including phenoxy) is 2. The second-order valence-electron chi connectivity index (χ2n) is 8.30. The van der Waals surface area contributed by atoms with Gasteiger partial charge in [-0.3, -0.25) is 14.6 Å². The minimum absolute atomic E-state index is 0.0274. The molecule has 0 spiro atoms. The fourth-order valence-electron chi connectivity index (χ4n) is 3.58. The molecule has 0 radical (unpaired) electrons. The van der Waals surface area contributed by atoms with Crippen LogP contribution in [0.4, 0.5) is 37.7 Å². The third-order valence-electron chi connectivity index (χ3n) is 5.40. The van der Waals surface area contributed by atoms with Crippen molar-refractivity contribution in [2.75, 3.05) is 17.2 Å². The number of benzene rings is 2. The lowest BCUT2D eigenvalue weighted by atomic mass is 10.1. The second kappa shape index (κ2) is 10.7. The van der Waals surface area contributed by atoms with Gasteiger partial charge in [0, 0.05) is 42.8 Å². The Balaban J connectivity index is 1.52. The van der Waals surface area contributed by atoms with Crippen molar-refractivity contribution in [3.63, 3.8) is 0 Å². The molecule has 0 fully saturated rings. The van der Waals surface area contributed by atoms with Gasteiger partial charge in [-0.2, -0.15) is 17.6 Å². The first-order chi connectivity index (χ1) is 18.4. The molecule has 14 heteroatoms. The molecule has 1 aromatic heterocycles. The molecular formula is C25H20F6N4O4. The van der Waals surface area contributed by atoms with Crippen LogP contribution in [0, 0.1) is 11.6 Å². The number of anilines is 2. The van der Waals surface area contributed by atoms with E-state index in [-0.39, 0.29) is 35.8 Å². The van der Waals surface area contributed by atoms with E-state index in [0.717, 1.165) is 24.3 Å². The number of carbonyl (C=O) groups is 2. The average Bonchev–Trinajstić information content (AvgIpc) is 2.85. The maximum Gasteiger partial charge on any atom is 0.507 e. The van der Waals surface area contributed by atoms with Crippen molar-refractivity contribution in [2.45, 2.75) is 32.1 Å². The second-order valence-corrected chi connectivity index (χ2v) is 8.30. The first kappa shape index (κ1) is 27.5. The van der Waals surface area contributed by atoms with Crippen molar-refractivity contribution in [3.8, 4) is 11.5 Å². The highest BCUT2D eigenvalue weighted by Gasteiger charge is 2.65. The third kappa shape index (κ3) is 6.16. The Labute approximate surface area is 217 Å². The topological polar surface area (TPSA) is 102 Å². The first-order valence-corrected chi connectivity index (χ1v) is 11.4. The van der Waals surface area contributed by atoms with E-state index in [2.05, 4.69) is 30.4 Å². The van der Waals surface area contributed by atoms with Crippen molar-refractivity contribution in [2.24, 2.45) is 0 Å². The number of aromatic nitrogens is 1. The Morgan fingerprint density at radius 1 is 0.923 bits per heavy atom. The van der Waals surface area contributed by atoms with E-state index in [1.54, 1.807) is 19.1 Å². The maximum absolute atomic E-state index is 14.0. The summed E-state index contributed by atoms with van der Waals surface area (Å²) in [6.45, 7) is 2.26. The van der Waals surface area contributed by atoms with Crippen LogP contribution in [0.1, 0.15) is 28.5 Å². The molecule has 3 aromatic rings. The first-order valence-electron chi connectivity index (χ1n) is 11.4. The summed E-state index contributed by atoms with van der Waals surface area (Å²) in [6, 6.07) is 7.38. The van der Waals surface area contributed by atoms with Crippen LogP contribution in [0.25, 0.3) is 0 Å². The van der Waals surface area contributed by atoms with Gasteiger partial charge in [0.25, 0.3) is 5.91 Å². The molecule has 0 saturated heterocycles. The van der Waals surface area contributed by atoms with E-state index in [9.17, 15) is 35.9 Å². The molecule has 206 valence electrons. The van der Waals surface area contributed by atoms with Gasteiger partial charge in [0.2, 0.25) is 5.91 Å². The van der Waals surface area contributed by atoms with Gasteiger partial charge in [0.05, 0.1) is 17.7 Å². The minimum Gasteiger partial charge on any atom is -0.421 e. The van der Waals surface area contributed by atoms with Crippen molar-refractivity contribution >= 4 is 23.2 Å². The molecule has 2 heterocycles. The van der Waals surface area contributed by atoms with Crippen molar-refractivity contribution < 1.29 is 45.4 Å². The lowest BCUT2D eigenvalue weighted by molar-refractivity contribution is -0.391. The normalized spacial score (nSPS) is 14.8. The molecular weight excluding hydrogens is 534 g/mol.